The summed E-state index contributed by atoms with van der Waals surface area (Å²) in [5, 5.41) is 11.5. The molecule has 2 aromatic carbocycles. The lowest BCUT2D eigenvalue weighted by atomic mass is 10.2. The molecule has 1 aliphatic rings. The van der Waals surface area contributed by atoms with Gasteiger partial charge in [-0.1, -0.05) is 17.7 Å². The summed E-state index contributed by atoms with van der Waals surface area (Å²) in [4.78, 5) is 26.7. The van der Waals surface area contributed by atoms with Gasteiger partial charge in [0.15, 0.2) is 9.84 Å². The summed E-state index contributed by atoms with van der Waals surface area (Å²) in [7, 11) is -3.67. The van der Waals surface area contributed by atoms with Gasteiger partial charge in [-0.25, -0.2) is 8.42 Å². The minimum absolute atomic E-state index is 0.0821. The fourth-order valence-corrected chi connectivity index (χ4v) is 4.44. The average Bonchev–Trinajstić information content (AvgIpc) is 2.92. The molecule has 29 heavy (non-hydrogen) atoms. The number of sulfone groups is 1. The molecule has 0 bridgehead atoms. The van der Waals surface area contributed by atoms with Crippen LogP contribution in [0.1, 0.15) is 16.8 Å². The number of nitro groups is 1. The van der Waals surface area contributed by atoms with Crippen molar-refractivity contribution in [1.29, 1.82) is 0 Å². The second-order valence-electron chi connectivity index (χ2n) is 6.82. The van der Waals surface area contributed by atoms with Crippen LogP contribution in [-0.2, 0) is 9.84 Å². The zero-order chi connectivity index (χ0) is 21.2. The molecule has 0 N–H and O–H groups in total. The van der Waals surface area contributed by atoms with Crippen molar-refractivity contribution < 1.29 is 18.1 Å². The number of nitrogens with zero attached hydrogens (tertiary/aromatic N) is 3. The quantitative estimate of drug-likeness (QED) is 0.538. The number of anilines is 1. The highest BCUT2D eigenvalue weighted by Gasteiger charge is 2.25. The number of benzene rings is 2. The molecule has 1 saturated heterocycles. The van der Waals surface area contributed by atoms with Crippen molar-refractivity contribution >= 4 is 38.7 Å². The van der Waals surface area contributed by atoms with E-state index in [1.54, 1.807) is 29.2 Å². The molecule has 1 heterocycles. The lowest BCUT2D eigenvalue weighted by Gasteiger charge is -2.25. The van der Waals surface area contributed by atoms with Crippen LogP contribution in [0.2, 0.25) is 5.02 Å². The van der Waals surface area contributed by atoms with E-state index in [1.165, 1.54) is 12.1 Å². The van der Waals surface area contributed by atoms with Crippen LogP contribution in [0.25, 0.3) is 0 Å². The fraction of sp³-hybridized carbons (Fsp3) is 0.316. The predicted molar refractivity (Wildman–Crippen MR) is 110 cm³/mol. The van der Waals surface area contributed by atoms with Gasteiger partial charge in [0, 0.05) is 55.2 Å². The van der Waals surface area contributed by atoms with E-state index in [9.17, 15) is 23.3 Å². The number of hydrogen-bond acceptors (Lipinski definition) is 6. The summed E-state index contributed by atoms with van der Waals surface area (Å²) < 4.78 is 24.4. The van der Waals surface area contributed by atoms with Crippen molar-refractivity contribution in [3.63, 3.8) is 0 Å². The van der Waals surface area contributed by atoms with E-state index >= 15 is 0 Å². The molecule has 0 aliphatic carbocycles. The van der Waals surface area contributed by atoms with Crippen molar-refractivity contribution in [3.8, 4) is 0 Å². The van der Waals surface area contributed by atoms with E-state index < -0.39 is 14.8 Å². The maximum atomic E-state index is 12.8. The van der Waals surface area contributed by atoms with Gasteiger partial charge >= 0.3 is 0 Å². The minimum atomic E-state index is -3.67. The van der Waals surface area contributed by atoms with E-state index in [0.29, 0.717) is 48.9 Å². The Balaban J connectivity index is 1.84. The van der Waals surface area contributed by atoms with Gasteiger partial charge in [-0.3, -0.25) is 14.9 Å². The molecule has 1 fully saturated rings. The summed E-state index contributed by atoms with van der Waals surface area (Å²) in [6.07, 6.45) is 1.66. The monoisotopic (exact) mass is 437 g/mol. The highest BCUT2D eigenvalue weighted by molar-refractivity contribution is 7.90. The van der Waals surface area contributed by atoms with E-state index in [2.05, 4.69) is 0 Å². The Morgan fingerprint density at radius 2 is 1.86 bits per heavy atom. The Hall–Kier alpha value is -2.65. The lowest BCUT2D eigenvalue weighted by Crippen LogP contribution is -2.35. The average molecular weight is 438 g/mol. The maximum Gasteiger partial charge on any atom is 0.270 e. The summed E-state index contributed by atoms with van der Waals surface area (Å²) in [5.41, 5.74) is 0.634. The molecule has 154 valence electrons. The van der Waals surface area contributed by atoms with E-state index in [4.69, 9.17) is 11.6 Å². The second kappa shape index (κ2) is 8.38. The minimum Gasteiger partial charge on any atom is -0.369 e. The van der Waals surface area contributed by atoms with Crippen molar-refractivity contribution in [2.24, 2.45) is 0 Å². The molecule has 1 amide bonds. The van der Waals surface area contributed by atoms with Crippen LogP contribution in [0.3, 0.4) is 0 Å². The Morgan fingerprint density at radius 3 is 2.52 bits per heavy atom. The maximum absolute atomic E-state index is 12.8. The predicted octanol–water partition coefficient (Wildman–Crippen LogP) is 3.00. The standard InChI is InChI=1S/C19H20ClN3O5S/c1-29(27,28)18-13-16(23(25)26)6-7-17(18)21-8-3-9-22(11-10-21)19(24)14-4-2-5-15(20)12-14/h2,4-7,12-13H,3,8-11H2,1H3. The molecule has 0 atom stereocenters. The van der Waals surface area contributed by atoms with E-state index in [0.717, 1.165) is 12.3 Å². The highest BCUT2D eigenvalue weighted by atomic mass is 35.5. The third kappa shape index (κ3) is 4.86. The number of carbonyl (C=O) groups is 1. The number of rotatable bonds is 4. The van der Waals surface area contributed by atoms with Crippen LogP contribution in [0.4, 0.5) is 11.4 Å². The first-order valence-corrected chi connectivity index (χ1v) is 11.2. The van der Waals surface area contributed by atoms with Crippen molar-refractivity contribution in [2.45, 2.75) is 11.3 Å². The molecule has 10 heteroatoms. The third-order valence-corrected chi connectivity index (χ3v) is 6.11. The van der Waals surface area contributed by atoms with Crippen molar-refractivity contribution in [1.82, 2.24) is 4.90 Å². The number of amides is 1. The molecule has 0 aromatic heterocycles. The largest absolute Gasteiger partial charge is 0.369 e. The fourth-order valence-electron chi connectivity index (χ4n) is 3.34. The van der Waals surface area contributed by atoms with E-state index in [-0.39, 0.29) is 16.5 Å². The molecule has 0 spiro atoms. The topological polar surface area (TPSA) is 101 Å². The van der Waals surface area contributed by atoms with Crippen LogP contribution >= 0.6 is 11.6 Å². The summed E-state index contributed by atoms with van der Waals surface area (Å²) in [6, 6.07) is 10.6. The third-order valence-electron chi connectivity index (χ3n) is 4.75. The molecule has 0 radical (unpaired) electrons. The summed E-state index contributed by atoms with van der Waals surface area (Å²) in [6.45, 7) is 1.85. The Morgan fingerprint density at radius 1 is 1.10 bits per heavy atom. The number of carbonyl (C=O) groups excluding carboxylic acids is 1. The SMILES string of the molecule is CS(=O)(=O)c1cc([N+](=O)[O-])ccc1N1CCCN(C(=O)c2cccc(Cl)c2)CC1. The first-order valence-electron chi connectivity index (χ1n) is 8.95. The van der Waals surface area contributed by atoms with Gasteiger partial charge in [0.25, 0.3) is 11.6 Å². The molecular weight excluding hydrogens is 418 g/mol. The Labute approximate surface area is 173 Å². The van der Waals surface area contributed by atoms with Crippen LogP contribution in [0, 0.1) is 10.1 Å². The molecule has 0 saturated carbocycles. The number of hydrogen-bond donors (Lipinski definition) is 0. The Bertz CT molecular complexity index is 1060. The summed E-state index contributed by atoms with van der Waals surface area (Å²) >= 11 is 5.97. The number of halogens is 1. The van der Waals surface area contributed by atoms with Gasteiger partial charge in [-0.05, 0) is 30.7 Å². The number of nitro benzene ring substituents is 1. The van der Waals surface area contributed by atoms with Crippen molar-refractivity contribution in [2.75, 3.05) is 37.3 Å². The van der Waals surface area contributed by atoms with Gasteiger partial charge in [-0.15, -0.1) is 0 Å². The van der Waals surface area contributed by atoms with Gasteiger partial charge in [0.2, 0.25) is 0 Å². The number of non-ortho nitro benzene ring substituents is 1. The van der Waals surface area contributed by atoms with Gasteiger partial charge in [0.1, 0.15) is 0 Å². The van der Waals surface area contributed by atoms with Gasteiger partial charge < -0.3 is 9.80 Å². The highest BCUT2D eigenvalue weighted by Crippen LogP contribution is 2.30. The van der Waals surface area contributed by atoms with Crippen LogP contribution in [-0.4, -0.2) is 56.6 Å². The lowest BCUT2D eigenvalue weighted by molar-refractivity contribution is -0.385. The Kier molecular flexibility index (Phi) is 6.09. The second-order valence-corrected chi connectivity index (χ2v) is 9.25. The zero-order valence-electron chi connectivity index (χ0n) is 15.7. The first kappa shape index (κ1) is 21.1. The van der Waals surface area contributed by atoms with Crippen LogP contribution in [0.5, 0.6) is 0 Å². The molecule has 1 aliphatic heterocycles. The van der Waals surface area contributed by atoms with Gasteiger partial charge in [0.05, 0.1) is 15.5 Å². The molecule has 8 nitrogen and oxygen atoms in total. The van der Waals surface area contributed by atoms with Crippen LogP contribution < -0.4 is 4.90 Å². The van der Waals surface area contributed by atoms with Crippen LogP contribution in [0.15, 0.2) is 47.4 Å². The zero-order valence-corrected chi connectivity index (χ0v) is 17.3. The summed E-state index contributed by atoms with van der Waals surface area (Å²) in [5.74, 6) is -0.138. The molecular formula is C19H20ClN3O5S. The molecule has 0 unspecified atom stereocenters. The molecule has 2 aromatic rings. The van der Waals surface area contributed by atoms with E-state index in [1.807, 2.05) is 4.90 Å². The first-order chi connectivity index (χ1) is 13.7. The molecule has 3 rings (SSSR count). The smallest absolute Gasteiger partial charge is 0.270 e. The van der Waals surface area contributed by atoms with Crippen molar-refractivity contribution in [3.05, 3.63) is 63.2 Å². The normalized spacial score (nSPS) is 15.1. The van der Waals surface area contributed by atoms with Gasteiger partial charge in [-0.2, -0.15) is 0 Å².